The van der Waals surface area contributed by atoms with Crippen LogP contribution in [0.5, 0.6) is 5.75 Å². The van der Waals surface area contributed by atoms with Crippen molar-refractivity contribution in [3.63, 3.8) is 0 Å². The van der Waals surface area contributed by atoms with Crippen LogP contribution in [0.15, 0.2) is 29.1 Å². The van der Waals surface area contributed by atoms with Gasteiger partial charge < -0.3 is 25.2 Å². The highest BCUT2D eigenvalue weighted by Crippen LogP contribution is 2.43. The summed E-state index contributed by atoms with van der Waals surface area (Å²) < 4.78 is 24.5. The Morgan fingerprint density at radius 3 is 2.62 bits per heavy atom. The fourth-order valence-corrected chi connectivity index (χ4v) is 4.57. The van der Waals surface area contributed by atoms with Gasteiger partial charge in [-0.05, 0) is 49.3 Å². The van der Waals surface area contributed by atoms with Gasteiger partial charge in [0.05, 0.1) is 6.61 Å². The Labute approximate surface area is 195 Å². The second kappa shape index (κ2) is 9.80. The van der Waals surface area contributed by atoms with Crippen molar-refractivity contribution in [2.75, 3.05) is 20.3 Å². The molecule has 3 aliphatic rings. The maximum absolute atomic E-state index is 13.1. The van der Waals surface area contributed by atoms with Gasteiger partial charge in [0.1, 0.15) is 23.8 Å². The predicted octanol–water partition coefficient (Wildman–Crippen LogP) is 1.79. The molecule has 10 nitrogen and oxygen atoms in total. The average Bonchev–Trinajstić information content (AvgIpc) is 3.07. The van der Waals surface area contributed by atoms with E-state index in [0.29, 0.717) is 24.9 Å². The zero-order valence-electron chi connectivity index (χ0n) is 18.8. The molecule has 2 aromatic rings. The summed E-state index contributed by atoms with van der Waals surface area (Å²) in [6.07, 6.45) is 1.85. The fraction of sp³-hybridized carbons (Fsp3) is 0.478. The van der Waals surface area contributed by atoms with Crippen molar-refractivity contribution in [1.29, 1.82) is 0 Å². The van der Waals surface area contributed by atoms with Crippen LogP contribution in [0.4, 0.5) is 9.18 Å². The van der Waals surface area contributed by atoms with Gasteiger partial charge in [-0.25, -0.2) is 14.2 Å². The van der Waals surface area contributed by atoms with E-state index < -0.39 is 40.4 Å². The molecule has 0 saturated heterocycles. The largest absolute Gasteiger partial charge is 0.501 e. The summed E-state index contributed by atoms with van der Waals surface area (Å²) >= 11 is 0. The van der Waals surface area contributed by atoms with E-state index in [9.17, 15) is 23.9 Å². The standard InChI is InChI=1S/C23H27FN4O6/c1-33-10-11-34-22(32)27-23-8-6-15(7-9-23)13-28-20(31)18(29)17(26-21(23)28)19(30)25-12-14-2-4-16(24)5-3-14/h2-5,15,29H,6-13H2,1H3,(H,25,30)(H,27,32). The Bertz CT molecular complexity index is 1130. The highest BCUT2D eigenvalue weighted by molar-refractivity contribution is 5.94. The Morgan fingerprint density at radius 2 is 1.94 bits per heavy atom. The van der Waals surface area contributed by atoms with E-state index in [2.05, 4.69) is 15.6 Å². The number of aromatic hydroxyl groups is 1. The molecular formula is C23H27FN4O6. The molecule has 3 N–H and O–H groups in total. The SMILES string of the molecule is COCCOC(=O)NC12CCC(CC1)Cn1c2nc(C(=O)NCc2ccc(F)cc2)c(O)c1=O. The molecule has 2 aliphatic heterocycles. The minimum absolute atomic E-state index is 0.0515. The Balaban J connectivity index is 1.64. The topological polar surface area (TPSA) is 132 Å². The highest BCUT2D eigenvalue weighted by atomic mass is 19.1. The van der Waals surface area contributed by atoms with E-state index >= 15 is 0 Å². The molecule has 1 aromatic heterocycles. The lowest BCUT2D eigenvalue weighted by atomic mass is 9.77. The molecule has 0 spiro atoms. The van der Waals surface area contributed by atoms with Crippen LogP contribution in [0.3, 0.4) is 0 Å². The number of nitrogens with zero attached hydrogens (tertiary/aromatic N) is 2. The number of ether oxygens (including phenoxy) is 2. The Hall–Kier alpha value is -3.47. The molecule has 0 atom stereocenters. The third-order valence-corrected chi connectivity index (χ3v) is 6.42. The lowest BCUT2D eigenvalue weighted by Gasteiger charge is -2.36. The maximum Gasteiger partial charge on any atom is 0.408 e. The third-order valence-electron chi connectivity index (χ3n) is 6.42. The molecule has 5 rings (SSSR count). The van der Waals surface area contributed by atoms with Crippen molar-refractivity contribution in [3.05, 3.63) is 57.5 Å². The van der Waals surface area contributed by atoms with Crippen LogP contribution in [0, 0.1) is 11.7 Å². The number of carbonyl (C=O) groups is 2. The molecule has 2 amide bonds. The lowest BCUT2D eigenvalue weighted by Crippen LogP contribution is -2.50. The monoisotopic (exact) mass is 474 g/mol. The van der Waals surface area contributed by atoms with Gasteiger partial charge in [-0.3, -0.25) is 14.2 Å². The van der Waals surface area contributed by atoms with Crippen LogP contribution in [0.2, 0.25) is 0 Å². The highest BCUT2D eigenvalue weighted by Gasteiger charge is 2.46. The molecule has 1 saturated carbocycles. The fourth-order valence-electron chi connectivity index (χ4n) is 4.57. The molecule has 11 heteroatoms. The van der Waals surface area contributed by atoms with E-state index in [1.54, 1.807) is 0 Å². The van der Waals surface area contributed by atoms with Crippen molar-refractivity contribution in [2.45, 2.75) is 44.3 Å². The number of aromatic nitrogens is 2. The second-order valence-electron chi connectivity index (χ2n) is 8.64. The smallest absolute Gasteiger partial charge is 0.408 e. The van der Waals surface area contributed by atoms with Crippen LogP contribution < -0.4 is 16.2 Å². The summed E-state index contributed by atoms with van der Waals surface area (Å²) in [5, 5.41) is 16.0. The first-order chi connectivity index (χ1) is 16.3. The molecule has 1 aromatic carbocycles. The number of halogens is 1. The number of rotatable bonds is 7. The zero-order valence-corrected chi connectivity index (χ0v) is 18.8. The van der Waals surface area contributed by atoms with Crippen LogP contribution in [0.1, 0.15) is 47.6 Å². The lowest BCUT2D eigenvalue weighted by molar-refractivity contribution is 0.0847. The maximum atomic E-state index is 13.1. The molecular weight excluding hydrogens is 447 g/mol. The zero-order chi connectivity index (χ0) is 24.3. The van der Waals surface area contributed by atoms with E-state index in [1.165, 1.54) is 35.9 Å². The van der Waals surface area contributed by atoms with Gasteiger partial charge in [-0.1, -0.05) is 12.1 Å². The van der Waals surface area contributed by atoms with Gasteiger partial charge in [-0.2, -0.15) is 0 Å². The van der Waals surface area contributed by atoms with Gasteiger partial charge in [0, 0.05) is 20.2 Å². The van der Waals surface area contributed by atoms with E-state index in [1.807, 2.05) is 0 Å². The van der Waals surface area contributed by atoms with Crippen LogP contribution in [0.25, 0.3) is 0 Å². The number of fused-ring (bicyclic) bond motifs is 2. The van der Waals surface area contributed by atoms with Crippen LogP contribution in [-0.2, 0) is 28.1 Å². The first-order valence-corrected chi connectivity index (χ1v) is 11.1. The minimum Gasteiger partial charge on any atom is -0.501 e. The van der Waals surface area contributed by atoms with Gasteiger partial charge in [0.25, 0.3) is 11.5 Å². The molecule has 3 heterocycles. The van der Waals surface area contributed by atoms with E-state index in [-0.39, 0.29) is 31.5 Å². The molecule has 1 fully saturated rings. The summed E-state index contributed by atoms with van der Waals surface area (Å²) in [4.78, 5) is 42.8. The number of hydrogen-bond acceptors (Lipinski definition) is 7. The summed E-state index contributed by atoms with van der Waals surface area (Å²) in [7, 11) is 1.49. The number of amides is 2. The third kappa shape index (κ3) is 4.74. The number of carbonyl (C=O) groups excluding carboxylic acids is 2. The first kappa shape index (κ1) is 23.7. The molecule has 0 radical (unpaired) electrons. The van der Waals surface area contributed by atoms with Gasteiger partial charge in [-0.15, -0.1) is 0 Å². The van der Waals surface area contributed by atoms with E-state index in [0.717, 1.165) is 12.8 Å². The summed E-state index contributed by atoms with van der Waals surface area (Å²) in [5.74, 6) is -1.48. The average molecular weight is 474 g/mol. The van der Waals surface area contributed by atoms with Crippen LogP contribution >= 0.6 is 0 Å². The predicted molar refractivity (Wildman–Crippen MR) is 118 cm³/mol. The summed E-state index contributed by atoms with van der Waals surface area (Å²) in [6, 6.07) is 5.57. The van der Waals surface area contributed by atoms with Gasteiger partial charge in [0.15, 0.2) is 5.69 Å². The van der Waals surface area contributed by atoms with Gasteiger partial charge in [0.2, 0.25) is 5.75 Å². The number of methoxy groups -OCH3 is 1. The quantitative estimate of drug-likeness (QED) is 0.521. The summed E-state index contributed by atoms with van der Waals surface area (Å²) in [5.41, 5.74) is -1.52. The van der Waals surface area contributed by atoms with Gasteiger partial charge >= 0.3 is 6.09 Å². The normalized spacial score (nSPS) is 20.8. The number of benzene rings is 1. The molecule has 34 heavy (non-hydrogen) atoms. The first-order valence-electron chi connectivity index (χ1n) is 11.1. The molecule has 2 bridgehead atoms. The van der Waals surface area contributed by atoms with Crippen LogP contribution in [-0.4, -0.2) is 47.0 Å². The van der Waals surface area contributed by atoms with E-state index in [4.69, 9.17) is 9.47 Å². The summed E-state index contributed by atoms with van der Waals surface area (Å²) in [6.45, 7) is 0.696. The van der Waals surface area contributed by atoms with Crippen molar-refractivity contribution < 1.29 is 28.6 Å². The van der Waals surface area contributed by atoms with Crippen molar-refractivity contribution in [3.8, 4) is 5.75 Å². The number of alkyl carbamates (subject to hydrolysis) is 1. The Kier molecular flexibility index (Phi) is 6.82. The number of hydrogen-bond donors (Lipinski definition) is 3. The molecule has 0 unspecified atom stereocenters. The van der Waals surface area contributed by atoms with Crippen molar-refractivity contribution in [2.24, 2.45) is 5.92 Å². The molecule has 182 valence electrons. The van der Waals surface area contributed by atoms with Crippen molar-refractivity contribution >= 4 is 12.0 Å². The molecule has 1 aliphatic carbocycles. The Morgan fingerprint density at radius 1 is 1.24 bits per heavy atom. The van der Waals surface area contributed by atoms with Crippen molar-refractivity contribution in [1.82, 2.24) is 20.2 Å². The number of nitrogens with one attached hydrogen (secondary N) is 2. The second-order valence-corrected chi connectivity index (χ2v) is 8.64. The minimum atomic E-state index is -1.00.